The molecule has 35 heavy (non-hydrogen) atoms. The van der Waals surface area contributed by atoms with E-state index in [2.05, 4.69) is 5.32 Å². The first-order valence-corrected chi connectivity index (χ1v) is 14.2. The molecule has 2 fully saturated rings. The zero-order valence-corrected chi connectivity index (χ0v) is 21.5. The molecule has 7 heteroatoms. The molecule has 0 saturated heterocycles. The highest BCUT2D eigenvalue weighted by atomic mass is 35.5. The summed E-state index contributed by atoms with van der Waals surface area (Å²) in [5.74, 6) is 0.595. The van der Waals surface area contributed by atoms with Crippen LogP contribution in [-0.2, 0) is 5.75 Å². The first kappa shape index (κ1) is 24.4. The van der Waals surface area contributed by atoms with E-state index in [1.165, 1.54) is 12.8 Å². The average Bonchev–Trinajstić information content (AvgIpc) is 2.88. The van der Waals surface area contributed by atoms with Gasteiger partial charge in [-0.2, -0.15) is 0 Å². The summed E-state index contributed by atoms with van der Waals surface area (Å²) in [7, 11) is 0. The molecule has 2 aliphatic rings. The molecule has 1 heterocycles. The number of hydrogen-bond acceptors (Lipinski definition) is 4. The van der Waals surface area contributed by atoms with Gasteiger partial charge in [0, 0.05) is 28.4 Å². The van der Waals surface area contributed by atoms with Gasteiger partial charge in [0.05, 0.1) is 10.9 Å². The van der Waals surface area contributed by atoms with E-state index in [1.54, 1.807) is 30.0 Å². The Bertz CT molecular complexity index is 1260. The number of fused-ring (bicyclic) bond motifs is 1. The van der Waals surface area contributed by atoms with E-state index in [0.717, 1.165) is 62.1 Å². The number of aromatic nitrogens is 2. The van der Waals surface area contributed by atoms with Gasteiger partial charge in [-0.15, -0.1) is 0 Å². The van der Waals surface area contributed by atoms with Crippen LogP contribution >= 0.6 is 23.4 Å². The highest BCUT2D eigenvalue weighted by Crippen LogP contribution is 2.32. The molecule has 1 amide bonds. The predicted octanol–water partition coefficient (Wildman–Crippen LogP) is 6.91. The SMILES string of the molecule is O=C(NC1CCCCC1)c1ccc2c(=O)n(C3CCCCC3)c(SCc3cccc(Cl)c3)nc2c1. The first-order valence-electron chi connectivity index (χ1n) is 12.8. The molecule has 5 nitrogen and oxygen atoms in total. The van der Waals surface area contributed by atoms with Crippen molar-refractivity contribution in [3.63, 3.8) is 0 Å². The predicted molar refractivity (Wildman–Crippen MR) is 143 cm³/mol. The lowest BCUT2D eigenvalue weighted by Gasteiger charge is -2.26. The number of carbonyl (C=O) groups excluding carboxylic acids is 1. The summed E-state index contributed by atoms with van der Waals surface area (Å²) < 4.78 is 1.92. The van der Waals surface area contributed by atoms with E-state index >= 15 is 0 Å². The molecule has 5 rings (SSSR count). The Labute approximate surface area is 215 Å². The minimum Gasteiger partial charge on any atom is -0.349 e. The van der Waals surface area contributed by atoms with E-state index < -0.39 is 0 Å². The molecule has 0 unspecified atom stereocenters. The quantitative estimate of drug-likeness (QED) is 0.289. The summed E-state index contributed by atoms with van der Waals surface area (Å²) in [6.45, 7) is 0. The monoisotopic (exact) mass is 509 g/mol. The van der Waals surface area contributed by atoms with Gasteiger partial charge in [-0.05, 0) is 61.6 Å². The highest BCUT2D eigenvalue weighted by molar-refractivity contribution is 7.98. The highest BCUT2D eigenvalue weighted by Gasteiger charge is 2.23. The van der Waals surface area contributed by atoms with Crippen LogP contribution in [0, 0.1) is 0 Å². The van der Waals surface area contributed by atoms with Crippen LogP contribution in [0.15, 0.2) is 52.4 Å². The van der Waals surface area contributed by atoms with Crippen molar-refractivity contribution in [2.75, 3.05) is 0 Å². The fourth-order valence-electron chi connectivity index (χ4n) is 5.37. The largest absolute Gasteiger partial charge is 0.349 e. The minimum absolute atomic E-state index is 0.00488. The van der Waals surface area contributed by atoms with Crippen LogP contribution in [0.2, 0.25) is 5.02 Å². The normalized spacial score (nSPS) is 17.5. The van der Waals surface area contributed by atoms with E-state index in [0.29, 0.717) is 27.2 Å². The Morgan fingerprint density at radius 2 is 1.74 bits per heavy atom. The summed E-state index contributed by atoms with van der Waals surface area (Å²) in [6.07, 6.45) is 11.1. The van der Waals surface area contributed by atoms with Gasteiger partial charge in [-0.25, -0.2) is 4.98 Å². The van der Waals surface area contributed by atoms with Gasteiger partial charge in [0.25, 0.3) is 11.5 Å². The molecule has 0 bridgehead atoms. The fraction of sp³-hybridized carbons (Fsp3) is 0.464. The van der Waals surface area contributed by atoms with Crippen LogP contribution in [0.4, 0.5) is 0 Å². The summed E-state index contributed by atoms with van der Waals surface area (Å²) >= 11 is 7.75. The summed E-state index contributed by atoms with van der Waals surface area (Å²) in [5, 5.41) is 5.18. The summed E-state index contributed by atoms with van der Waals surface area (Å²) in [4.78, 5) is 31.6. The Hall–Kier alpha value is -2.31. The lowest BCUT2D eigenvalue weighted by molar-refractivity contribution is 0.0928. The summed E-state index contributed by atoms with van der Waals surface area (Å²) in [5.41, 5.74) is 2.24. The molecule has 1 aromatic heterocycles. The molecule has 0 aliphatic heterocycles. The molecular formula is C28H32ClN3O2S. The van der Waals surface area contributed by atoms with Crippen molar-refractivity contribution in [2.24, 2.45) is 0 Å². The Morgan fingerprint density at radius 3 is 2.49 bits per heavy atom. The maximum absolute atomic E-state index is 13.7. The van der Waals surface area contributed by atoms with Crippen molar-refractivity contribution in [1.29, 1.82) is 0 Å². The smallest absolute Gasteiger partial charge is 0.262 e. The molecule has 0 atom stereocenters. The molecule has 184 valence electrons. The lowest BCUT2D eigenvalue weighted by Crippen LogP contribution is -2.36. The Morgan fingerprint density at radius 1 is 1.00 bits per heavy atom. The van der Waals surface area contributed by atoms with Gasteiger partial charge in [0.1, 0.15) is 0 Å². The van der Waals surface area contributed by atoms with Crippen molar-refractivity contribution >= 4 is 40.2 Å². The zero-order valence-electron chi connectivity index (χ0n) is 20.0. The second-order valence-electron chi connectivity index (χ2n) is 9.82. The minimum atomic E-state index is -0.0785. The first-order chi connectivity index (χ1) is 17.1. The van der Waals surface area contributed by atoms with Gasteiger partial charge < -0.3 is 5.32 Å². The van der Waals surface area contributed by atoms with E-state index in [4.69, 9.17) is 16.6 Å². The van der Waals surface area contributed by atoms with Gasteiger partial charge in [0.2, 0.25) is 0 Å². The number of nitrogens with zero attached hydrogens (tertiary/aromatic N) is 2. The number of halogens is 1. The van der Waals surface area contributed by atoms with Crippen LogP contribution in [0.1, 0.15) is 86.2 Å². The molecule has 3 aromatic rings. The molecule has 2 aliphatic carbocycles. The summed E-state index contributed by atoms with van der Waals surface area (Å²) in [6, 6.07) is 13.5. The second-order valence-corrected chi connectivity index (χ2v) is 11.2. The molecule has 2 saturated carbocycles. The molecule has 0 spiro atoms. The van der Waals surface area contributed by atoms with Gasteiger partial charge >= 0.3 is 0 Å². The van der Waals surface area contributed by atoms with E-state index in [9.17, 15) is 9.59 Å². The van der Waals surface area contributed by atoms with E-state index in [-0.39, 0.29) is 23.6 Å². The third-order valence-electron chi connectivity index (χ3n) is 7.27. The number of thioether (sulfide) groups is 1. The van der Waals surface area contributed by atoms with E-state index in [1.807, 2.05) is 28.8 Å². The van der Waals surface area contributed by atoms with Crippen molar-refractivity contribution in [1.82, 2.24) is 14.9 Å². The third-order valence-corrected chi connectivity index (χ3v) is 8.53. The maximum atomic E-state index is 13.7. The van der Waals surface area contributed by atoms with Crippen molar-refractivity contribution in [3.05, 3.63) is 69.0 Å². The second kappa shape index (κ2) is 11.2. The Kier molecular flexibility index (Phi) is 7.78. The molecular weight excluding hydrogens is 478 g/mol. The number of hydrogen-bond donors (Lipinski definition) is 1. The average molecular weight is 510 g/mol. The van der Waals surface area contributed by atoms with Crippen LogP contribution in [0.25, 0.3) is 10.9 Å². The topological polar surface area (TPSA) is 64.0 Å². The lowest BCUT2D eigenvalue weighted by atomic mass is 9.95. The number of amides is 1. The van der Waals surface area contributed by atoms with Crippen LogP contribution in [0.5, 0.6) is 0 Å². The molecule has 0 radical (unpaired) electrons. The fourth-order valence-corrected chi connectivity index (χ4v) is 6.60. The van der Waals surface area contributed by atoms with Crippen molar-refractivity contribution in [2.45, 2.75) is 87.2 Å². The number of nitrogens with one attached hydrogen (secondary N) is 1. The molecule has 2 aromatic carbocycles. The standard InChI is InChI=1S/C28H32ClN3O2S/c29-21-9-7-8-19(16-21)18-35-28-31-25-17-20(26(33)30-22-10-3-1-4-11-22)14-15-24(25)27(34)32(28)23-12-5-2-6-13-23/h7-9,14-17,22-23H,1-6,10-13,18H2,(H,30,33). The van der Waals surface area contributed by atoms with Crippen LogP contribution in [-0.4, -0.2) is 21.5 Å². The maximum Gasteiger partial charge on any atom is 0.262 e. The van der Waals surface area contributed by atoms with Crippen molar-refractivity contribution in [3.8, 4) is 0 Å². The number of benzene rings is 2. The van der Waals surface area contributed by atoms with Crippen LogP contribution in [0.3, 0.4) is 0 Å². The van der Waals surface area contributed by atoms with Crippen LogP contribution < -0.4 is 10.9 Å². The Balaban J connectivity index is 1.48. The van der Waals surface area contributed by atoms with Gasteiger partial charge in [0.15, 0.2) is 5.16 Å². The van der Waals surface area contributed by atoms with Gasteiger partial charge in [-0.1, -0.05) is 74.0 Å². The van der Waals surface area contributed by atoms with Gasteiger partial charge in [-0.3, -0.25) is 14.2 Å². The molecule has 1 N–H and O–H groups in total. The van der Waals surface area contributed by atoms with Crippen molar-refractivity contribution < 1.29 is 4.79 Å². The number of rotatable bonds is 6. The third kappa shape index (κ3) is 5.75. The zero-order chi connectivity index (χ0) is 24.2. The number of carbonyl (C=O) groups is 1.